The fraction of sp³-hybridized carbons (Fsp3) is 0.625. The summed E-state index contributed by atoms with van der Waals surface area (Å²) >= 11 is 1.93. The third-order valence-corrected chi connectivity index (χ3v) is 5.30. The van der Waals surface area contributed by atoms with Crippen molar-refractivity contribution < 1.29 is 9.53 Å². The van der Waals surface area contributed by atoms with Gasteiger partial charge in [0.1, 0.15) is 0 Å². The number of carbonyl (C=O) groups excluding carboxylic acids is 1. The van der Waals surface area contributed by atoms with E-state index in [2.05, 4.69) is 4.98 Å². The second-order valence-corrected chi connectivity index (χ2v) is 7.01. The third kappa shape index (κ3) is 3.58. The fourth-order valence-corrected chi connectivity index (χ4v) is 4.24. The molecule has 3 rings (SSSR count). The number of thioether (sulfide) groups is 1. The van der Waals surface area contributed by atoms with Gasteiger partial charge in [-0.1, -0.05) is 0 Å². The summed E-state index contributed by atoms with van der Waals surface area (Å²) in [6.07, 6.45) is 6.93. The van der Waals surface area contributed by atoms with Crippen molar-refractivity contribution in [3.63, 3.8) is 0 Å². The first-order valence-corrected chi connectivity index (χ1v) is 8.81. The van der Waals surface area contributed by atoms with Crippen LogP contribution in [0.3, 0.4) is 0 Å². The van der Waals surface area contributed by atoms with E-state index >= 15 is 0 Å². The third-order valence-electron chi connectivity index (χ3n) is 4.15. The van der Waals surface area contributed by atoms with Crippen LogP contribution in [0, 0.1) is 6.92 Å². The normalized spacial score (nSPS) is 25.2. The lowest BCUT2D eigenvalue weighted by atomic mass is 10.1. The van der Waals surface area contributed by atoms with Gasteiger partial charge in [-0.3, -0.25) is 9.78 Å². The minimum atomic E-state index is 0.106. The minimum absolute atomic E-state index is 0.106. The summed E-state index contributed by atoms with van der Waals surface area (Å²) in [7, 11) is 0. The fourth-order valence-electron chi connectivity index (χ4n) is 3.01. The van der Waals surface area contributed by atoms with E-state index in [1.807, 2.05) is 29.7 Å². The van der Waals surface area contributed by atoms with E-state index in [0.29, 0.717) is 11.6 Å². The lowest BCUT2D eigenvalue weighted by molar-refractivity contribution is 0.0441. The van der Waals surface area contributed by atoms with Gasteiger partial charge in [0.05, 0.1) is 11.7 Å². The molecule has 2 saturated heterocycles. The Labute approximate surface area is 130 Å². The van der Waals surface area contributed by atoms with Gasteiger partial charge < -0.3 is 9.64 Å². The maximum atomic E-state index is 12.9. The van der Waals surface area contributed by atoms with Crippen molar-refractivity contribution >= 4 is 17.7 Å². The summed E-state index contributed by atoms with van der Waals surface area (Å²) < 4.78 is 5.74. The molecular formula is C16H22N2O2S. The summed E-state index contributed by atoms with van der Waals surface area (Å²) in [5, 5.41) is 0. The van der Waals surface area contributed by atoms with Crippen molar-refractivity contribution in [2.45, 2.75) is 38.3 Å². The SMILES string of the molecule is Cc1cncc(C(=O)N(C[C@H]2CCCO2)[C@H]2CCSC2)c1. The maximum absolute atomic E-state index is 12.9. The Morgan fingerprint density at radius 3 is 3.05 bits per heavy atom. The van der Waals surface area contributed by atoms with Crippen molar-refractivity contribution in [2.24, 2.45) is 0 Å². The Balaban J connectivity index is 1.77. The van der Waals surface area contributed by atoms with Crippen LogP contribution in [0.25, 0.3) is 0 Å². The Kier molecular flexibility index (Phi) is 4.80. The zero-order valence-electron chi connectivity index (χ0n) is 12.5. The molecule has 114 valence electrons. The van der Waals surface area contributed by atoms with Crippen LogP contribution < -0.4 is 0 Å². The average Bonchev–Trinajstić information content (AvgIpc) is 3.17. The number of aryl methyl sites for hydroxylation is 1. The monoisotopic (exact) mass is 306 g/mol. The zero-order chi connectivity index (χ0) is 14.7. The predicted molar refractivity (Wildman–Crippen MR) is 84.7 cm³/mol. The van der Waals surface area contributed by atoms with Gasteiger partial charge in [-0.2, -0.15) is 11.8 Å². The van der Waals surface area contributed by atoms with Crippen molar-refractivity contribution in [3.8, 4) is 0 Å². The van der Waals surface area contributed by atoms with Gasteiger partial charge in [-0.15, -0.1) is 0 Å². The van der Waals surface area contributed by atoms with Crippen LogP contribution >= 0.6 is 11.8 Å². The average molecular weight is 306 g/mol. The summed E-state index contributed by atoms with van der Waals surface area (Å²) in [6, 6.07) is 2.27. The molecule has 0 aliphatic carbocycles. The number of hydrogen-bond donors (Lipinski definition) is 0. The second kappa shape index (κ2) is 6.79. The Bertz CT molecular complexity index is 497. The Morgan fingerprint density at radius 2 is 2.38 bits per heavy atom. The molecule has 1 aromatic heterocycles. The molecule has 0 aromatic carbocycles. The van der Waals surface area contributed by atoms with Crippen LogP contribution in [0.5, 0.6) is 0 Å². The van der Waals surface area contributed by atoms with Gasteiger partial charge in [-0.25, -0.2) is 0 Å². The molecule has 2 aliphatic heterocycles. The van der Waals surface area contributed by atoms with E-state index < -0.39 is 0 Å². The molecular weight excluding hydrogens is 284 g/mol. The molecule has 0 spiro atoms. The van der Waals surface area contributed by atoms with Crippen LogP contribution in [0.2, 0.25) is 0 Å². The number of rotatable bonds is 4. The van der Waals surface area contributed by atoms with Crippen molar-refractivity contribution in [1.29, 1.82) is 0 Å². The summed E-state index contributed by atoms with van der Waals surface area (Å²) in [4.78, 5) is 19.1. The number of hydrogen-bond acceptors (Lipinski definition) is 4. The van der Waals surface area contributed by atoms with Crippen LogP contribution in [0.15, 0.2) is 18.5 Å². The molecule has 2 fully saturated rings. The summed E-state index contributed by atoms with van der Waals surface area (Å²) in [5.41, 5.74) is 1.73. The van der Waals surface area contributed by atoms with Crippen molar-refractivity contribution in [1.82, 2.24) is 9.88 Å². The Hall–Kier alpha value is -1.07. The van der Waals surface area contributed by atoms with E-state index in [4.69, 9.17) is 4.74 Å². The molecule has 2 aliphatic rings. The number of amides is 1. The minimum Gasteiger partial charge on any atom is -0.376 e. The summed E-state index contributed by atoms with van der Waals surface area (Å²) in [6.45, 7) is 3.52. The first-order valence-electron chi connectivity index (χ1n) is 7.66. The number of aromatic nitrogens is 1. The molecule has 2 atom stereocenters. The van der Waals surface area contributed by atoms with Gasteiger partial charge in [0.2, 0.25) is 0 Å². The van der Waals surface area contributed by atoms with Crippen LogP contribution in [0.1, 0.15) is 35.2 Å². The second-order valence-electron chi connectivity index (χ2n) is 5.86. The Morgan fingerprint density at radius 1 is 1.48 bits per heavy atom. The molecule has 3 heterocycles. The number of ether oxygens (including phenoxy) is 1. The van der Waals surface area contributed by atoms with Crippen LogP contribution in [-0.2, 0) is 4.74 Å². The van der Waals surface area contributed by atoms with Gasteiger partial charge in [0, 0.05) is 37.3 Å². The van der Waals surface area contributed by atoms with Crippen LogP contribution in [0.4, 0.5) is 0 Å². The number of carbonyl (C=O) groups is 1. The molecule has 5 heteroatoms. The standard InChI is InChI=1S/C16H22N2O2S/c1-12-7-13(9-17-8-12)16(19)18(14-4-6-21-11-14)10-15-3-2-5-20-15/h7-9,14-15H,2-6,10-11H2,1H3/t14-,15+/m0/s1. The first-order chi connectivity index (χ1) is 10.2. The summed E-state index contributed by atoms with van der Waals surface area (Å²) in [5.74, 6) is 2.29. The van der Waals surface area contributed by atoms with Gasteiger partial charge >= 0.3 is 0 Å². The highest BCUT2D eigenvalue weighted by Crippen LogP contribution is 2.26. The molecule has 0 unspecified atom stereocenters. The lowest BCUT2D eigenvalue weighted by Gasteiger charge is -2.30. The zero-order valence-corrected chi connectivity index (χ0v) is 13.3. The maximum Gasteiger partial charge on any atom is 0.255 e. The van der Waals surface area contributed by atoms with Crippen LogP contribution in [-0.4, -0.2) is 52.6 Å². The first kappa shape index (κ1) is 14.9. The lowest BCUT2D eigenvalue weighted by Crippen LogP contribution is -2.44. The highest BCUT2D eigenvalue weighted by Gasteiger charge is 2.31. The molecule has 4 nitrogen and oxygen atoms in total. The molecule has 0 saturated carbocycles. The largest absolute Gasteiger partial charge is 0.376 e. The van der Waals surface area contributed by atoms with Crippen molar-refractivity contribution in [3.05, 3.63) is 29.6 Å². The van der Waals surface area contributed by atoms with E-state index in [9.17, 15) is 4.79 Å². The predicted octanol–water partition coefficient (Wildman–Crippen LogP) is 2.52. The number of nitrogens with zero attached hydrogens (tertiary/aromatic N) is 2. The van der Waals surface area contributed by atoms with E-state index in [1.165, 1.54) is 0 Å². The molecule has 0 radical (unpaired) electrons. The van der Waals surface area contributed by atoms with Gasteiger partial charge in [0.15, 0.2) is 0 Å². The molecule has 21 heavy (non-hydrogen) atoms. The highest BCUT2D eigenvalue weighted by atomic mass is 32.2. The molecule has 0 bridgehead atoms. The molecule has 1 amide bonds. The number of pyridine rings is 1. The van der Waals surface area contributed by atoms with Gasteiger partial charge in [0.25, 0.3) is 5.91 Å². The van der Waals surface area contributed by atoms with Crippen molar-refractivity contribution in [2.75, 3.05) is 24.7 Å². The molecule has 1 aromatic rings. The quantitative estimate of drug-likeness (QED) is 0.857. The highest BCUT2D eigenvalue weighted by molar-refractivity contribution is 7.99. The van der Waals surface area contributed by atoms with E-state index in [0.717, 1.165) is 49.5 Å². The van der Waals surface area contributed by atoms with E-state index in [-0.39, 0.29) is 12.0 Å². The van der Waals surface area contributed by atoms with Gasteiger partial charge in [-0.05, 0) is 43.6 Å². The smallest absolute Gasteiger partial charge is 0.255 e. The van der Waals surface area contributed by atoms with E-state index in [1.54, 1.807) is 12.4 Å². The molecule has 0 N–H and O–H groups in total. The topological polar surface area (TPSA) is 42.4 Å².